The van der Waals surface area contributed by atoms with Crippen LogP contribution in [0.5, 0.6) is 5.75 Å². The van der Waals surface area contributed by atoms with Crippen LogP contribution in [0.25, 0.3) is 41.4 Å². The summed E-state index contributed by atoms with van der Waals surface area (Å²) in [6.07, 6.45) is 0. The Morgan fingerprint density at radius 3 is 2.48 bits per heavy atom. The third-order valence-electron chi connectivity index (χ3n) is 4.97. The standard InChI is InChI=1S/C24H14N2O3S2/c27-24-17-9-5-4-8-16(17)20-21(29-24)26-23(31-20)22-25-18-11-10-15(12-19(18)30-22)28-13-14-6-2-1-3-7-14/h1-12H,13H2. The van der Waals surface area contributed by atoms with E-state index in [1.54, 1.807) is 17.4 Å². The number of hydrogen-bond acceptors (Lipinski definition) is 7. The number of rotatable bonds is 4. The van der Waals surface area contributed by atoms with E-state index in [-0.39, 0.29) is 5.63 Å². The lowest BCUT2D eigenvalue weighted by Gasteiger charge is -2.05. The van der Waals surface area contributed by atoms with E-state index in [0.717, 1.165) is 41.6 Å². The van der Waals surface area contributed by atoms with Gasteiger partial charge in [0.05, 0.1) is 15.6 Å². The first-order valence-corrected chi connectivity index (χ1v) is 11.3. The van der Waals surface area contributed by atoms with Gasteiger partial charge in [0.15, 0.2) is 10.0 Å². The summed E-state index contributed by atoms with van der Waals surface area (Å²) in [5, 5.41) is 2.95. The monoisotopic (exact) mass is 442 g/mol. The van der Waals surface area contributed by atoms with E-state index in [9.17, 15) is 4.79 Å². The maximum atomic E-state index is 12.3. The van der Waals surface area contributed by atoms with E-state index in [1.165, 1.54) is 11.3 Å². The largest absolute Gasteiger partial charge is 0.489 e. The van der Waals surface area contributed by atoms with E-state index in [1.807, 2.05) is 66.7 Å². The van der Waals surface area contributed by atoms with Crippen LogP contribution in [0, 0.1) is 0 Å². The van der Waals surface area contributed by atoms with Gasteiger partial charge in [-0.3, -0.25) is 0 Å². The summed E-state index contributed by atoms with van der Waals surface area (Å²) in [5.74, 6) is 0.799. The van der Waals surface area contributed by atoms with Crippen LogP contribution in [0.2, 0.25) is 0 Å². The third kappa shape index (κ3) is 3.28. The molecule has 5 nitrogen and oxygen atoms in total. The highest BCUT2D eigenvalue weighted by molar-refractivity contribution is 7.28. The van der Waals surface area contributed by atoms with Crippen LogP contribution in [0.4, 0.5) is 0 Å². The second-order valence-electron chi connectivity index (χ2n) is 7.01. The predicted octanol–water partition coefficient (Wildman–Crippen LogP) is 6.26. The van der Waals surface area contributed by atoms with E-state index >= 15 is 0 Å². The van der Waals surface area contributed by atoms with E-state index in [0.29, 0.717) is 17.7 Å². The van der Waals surface area contributed by atoms with Gasteiger partial charge in [-0.05, 0) is 29.8 Å². The summed E-state index contributed by atoms with van der Waals surface area (Å²) >= 11 is 3.04. The molecule has 7 heteroatoms. The highest BCUT2D eigenvalue weighted by Gasteiger charge is 2.16. The molecule has 0 bridgehead atoms. The molecule has 31 heavy (non-hydrogen) atoms. The molecule has 6 rings (SSSR count). The molecule has 0 saturated carbocycles. The van der Waals surface area contributed by atoms with Crippen molar-refractivity contribution in [3.63, 3.8) is 0 Å². The first-order chi connectivity index (χ1) is 15.2. The van der Waals surface area contributed by atoms with Crippen molar-refractivity contribution in [1.82, 2.24) is 9.97 Å². The van der Waals surface area contributed by atoms with Crippen molar-refractivity contribution in [2.45, 2.75) is 6.61 Å². The van der Waals surface area contributed by atoms with Crippen LogP contribution in [-0.4, -0.2) is 9.97 Å². The number of ether oxygens (including phenoxy) is 1. The lowest BCUT2D eigenvalue weighted by atomic mass is 10.2. The minimum Gasteiger partial charge on any atom is -0.489 e. The number of benzene rings is 3. The molecule has 3 heterocycles. The quantitative estimate of drug-likeness (QED) is 0.322. The fraction of sp³-hybridized carbons (Fsp3) is 0.0417. The summed E-state index contributed by atoms with van der Waals surface area (Å²) < 4.78 is 13.3. The lowest BCUT2D eigenvalue weighted by molar-refractivity contribution is 0.306. The first kappa shape index (κ1) is 18.2. The average Bonchev–Trinajstić information content (AvgIpc) is 3.42. The van der Waals surface area contributed by atoms with Gasteiger partial charge in [0.2, 0.25) is 5.71 Å². The molecule has 3 aromatic heterocycles. The zero-order valence-electron chi connectivity index (χ0n) is 16.1. The van der Waals surface area contributed by atoms with Crippen molar-refractivity contribution in [1.29, 1.82) is 0 Å². The normalized spacial score (nSPS) is 11.5. The highest BCUT2D eigenvalue weighted by Crippen LogP contribution is 2.38. The van der Waals surface area contributed by atoms with E-state index in [2.05, 4.69) is 4.98 Å². The Bertz CT molecular complexity index is 1620. The smallest absolute Gasteiger partial charge is 0.345 e. The lowest BCUT2D eigenvalue weighted by Crippen LogP contribution is -1.98. The van der Waals surface area contributed by atoms with Gasteiger partial charge in [0.1, 0.15) is 17.1 Å². The maximum absolute atomic E-state index is 12.3. The van der Waals surface area contributed by atoms with Crippen LogP contribution in [0.15, 0.2) is 82.0 Å². The molecule has 0 aliphatic heterocycles. The fourth-order valence-corrected chi connectivity index (χ4v) is 5.51. The van der Waals surface area contributed by atoms with Crippen LogP contribution in [0.1, 0.15) is 5.56 Å². The van der Waals surface area contributed by atoms with Gasteiger partial charge < -0.3 is 9.15 Å². The average molecular weight is 443 g/mol. The molecule has 0 atom stereocenters. The Kier molecular flexibility index (Phi) is 4.29. The van der Waals surface area contributed by atoms with Crippen molar-refractivity contribution >= 4 is 54.1 Å². The molecule has 6 aromatic rings. The molecule has 0 fully saturated rings. The molecule has 0 unspecified atom stereocenters. The summed E-state index contributed by atoms with van der Waals surface area (Å²) in [6, 6.07) is 23.4. The minimum atomic E-state index is -0.371. The van der Waals surface area contributed by atoms with Crippen LogP contribution >= 0.6 is 22.7 Å². The summed E-state index contributed by atoms with van der Waals surface area (Å²) in [4.78, 5) is 21.5. The van der Waals surface area contributed by atoms with Crippen molar-refractivity contribution in [2.75, 3.05) is 0 Å². The zero-order chi connectivity index (χ0) is 20.8. The van der Waals surface area contributed by atoms with Gasteiger partial charge >= 0.3 is 5.63 Å². The Balaban J connectivity index is 1.37. The molecule has 0 aliphatic rings. The Labute approximate surface area is 184 Å². The molecule has 0 saturated heterocycles. The Hall–Kier alpha value is -3.55. The molecule has 0 radical (unpaired) electrons. The van der Waals surface area contributed by atoms with Gasteiger partial charge in [-0.2, -0.15) is 4.98 Å². The number of nitrogens with zero attached hydrogens (tertiary/aromatic N) is 2. The maximum Gasteiger partial charge on any atom is 0.345 e. The van der Waals surface area contributed by atoms with Crippen molar-refractivity contribution in [3.8, 4) is 15.8 Å². The summed E-state index contributed by atoms with van der Waals surface area (Å²) in [7, 11) is 0. The molecular formula is C24H14N2O3S2. The molecule has 0 aliphatic carbocycles. The molecule has 0 N–H and O–H groups in total. The summed E-state index contributed by atoms with van der Waals surface area (Å²) in [6.45, 7) is 0.516. The van der Waals surface area contributed by atoms with Gasteiger partial charge in [-0.25, -0.2) is 9.78 Å². The van der Waals surface area contributed by atoms with Crippen molar-refractivity contribution in [3.05, 3.63) is 88.8 Å². The number of fused-ring (bicyclic) bond motifs is 4. The number of thiazole rings is 2. The molecule has 150 valence electrons. The third-order valence-corrected chi connectivity index (χ3v) is 7.20. The van der Waals surface area contributed by atoms with Crippen LogP contribution in [-0.2, 0) is 6.61 Å². The Morgan fingerprint density at radius 1 is 0.839 bits per heavy atom. The second kappa shape index (κ2) is 7.30. The fourth-order valence-electron chi connectivity index (χ4n) is 3.47. The van der Waals surface area contributed by atoms with Crippen LogP contribution < -0.4 is 10.4 Å². The Morgan fingerprint density at radius 2 is 1.61 bits per heavy atom. The molecular weight excluding hydrogens is 428 g/mol. The zero-order valence-corrected chi connectivity index (χ0v) is 17.7. The molecule has 0 amide bonds. The topological polar surface area (TPSA) is 65.2 Å². The summed E-state index contributed by atoms with van der Waals surface area (Å²) in [5.41, 5.74) is 1.99. The predicted molar refractivity (Wildman–Crippen MR) is 125 cm³/mol. The highest BCUT2D eigenvalue weighted by atomic mass is 32.1. The second-order valence-corrected chi connectivity index (χ2v) is 9.04. The SMILES string of the molecule is O=c1oc2nc(-c3nc4ccc(OCc5ccccc5)cc4s3)sc2c2ccccc12. The first-order valence-electron chi connectivity index (χ1n) is 9.65. The van der Waals surface area contributed by atoms with Gasteiger partial charge in [-0.15, -0.1) is 22.7 Å². The molecule has 3 aromatic carbocycles. The number of hydrogen-bond donors (Lipinski definition) is 0. The van der Waals surface area contributed by atoms with Gasteiger partial charge in [-0.1, -0.05) is 48.5 Å². The van der Waals surface area contributed by atoms with Crippen molar-refractivity contribution in [2.24, 2.45) is 0 Å². The van der Waals surface area contributed by atoms with Gasteiger partial charge in [0, 0.05) is 5.39 Å². The van der Waals surface area contributed by atoms with Gasteiger partial charge in [0.25, 0.3) is 0 Å². The van der Waals surface area contributed by atoms with E-state index < -0.39 is 0 Å². The van der Waals surface area contributed by atoms with Crippen LogP contribution in [0.3, 0.4) is 0 Å². The van der Waals surface area contributed by atoms with E-state index in [4.69, 9.17) is 14.1 Å². The van der Waals surface area contributed by atoms with Crippen molar-refractivity contribution < 1.29 is 9.15 Å². The molecule has 0 spiro atoms. The minimum absolute atomic E-state index is 0.356. The number of aromatic nitrogens is 2.